The summed E-state index contributed by atoms with van der Waals surface area (Å²) in [4.78, 5) is 23.6. The van der Waals surface area contributed by atoms with Crippen molar-refractivity contribution < 1.29 is 14.7 Å². The summed E-state index contributed by atoms with van der Waals surface area (Å²) in [5.74, 6) is -1.10. The highest BCUT2D eigenvalue weighted by Gasteiger charge is 2.27. The van der Waals surface area contributed by atoms with Crippen molar-refractivity contribution in [1.82, 2.24) is 15.1 Å². The Labute approximate surface area is 141 Å². The van der Waals surface area contributed by atoms with Crippen LogP contribution in [-0.4, -0.2) is 33.3 Å². The molecule has 0 aliphatic carbocycles. The number of para-hydroxylation sites is 1. The first kappa shape index (κ1) is 17.7. The van der Waals surface area contributed by atoms with Gasteiger partial charge in [-0.05, 0) is 46.2 Å². The summed E-state index contributed by atoms with van der Waals surface area (Å²) in [5.41, 5.74) is 1.96. The van der Waals surface area contributed by atoms with Gasteiger partial charge in [0.05, 0.1) is 28.1 Å². The number of carboxylic acids is 1. The second-order valence-electron chi connectivity index (χ2n) is 6.49. The predicted molar refractivity (Wildman–Crippen MR) is 91.4 cm³/mol. The number of hydrogen-bond donors (Lipinski definition) is 2. The van der Waals surface area contributed by atoms with Gasteiger partial charge in [0.2, 0.25) is 0 Å². The quantitative estimate of drug-likeness (QED) is 0.853. The van der Waals surface area contributed by atoms with Crippen molar-refractivity contribution in [3.05, 3.63) is 47.3 Å². The summed E-state index contributed by atoms with van der Waals surface area (Å²) in [6.45, 7) is 7.23. The molecule has 2 N–H and O–H groups in total. The molecule has 0 unspecified atom stereocenters. The van der Waals surface area contributed by atoms with Gasteiger partial charge < -0.3 is 10.4 Å². The van der Waals surface area contributed by atoms with E-state index in [1.807, 2.05) is 37.3 Å². The molecule has 6 heteroatoms. The van der Waals surface area contributed by atoms with E-state index in [2.05, 4.69) is 10.4 Å². The van der Waals surface area contributed by atoms with E-state index in [1.54, 1.807) is 25.5 Å². The minimum Gasteiger partial charge on any atom is -0.481 e. The first-order valence-electron chi connectivity index (χ1n) is 7.87. The fourth-order valence-electron chi connectivity index (χ4n) is 2.48. The molecule has 1 aromatic heterocycles. The lowest BCUT2D eigenvalue weighted by Crippen LogP contribution is -2.32. The Balaban J connectivity index is 2.14. The third-order valence-electron chi connectivity index (χ3n) is 4.13. The summed E-state index contributed by atoms with van der Waals surface area (Å²) < 4.78 is 1.74. The van der Waals surface area contributed by atoms with Crippen LogP contribution < -0.4 is 5.32 Å². The molecule has 0 aliphatic rings. The lowest BCUT2D eigenvalue weighted by Gasteiger charge is -2.18. The van der Waals surface area contributed by atoms with E-state index in [1.165, 1.54) is 0 Å². The minimum absolute atomic E-state index is 0.228. The minimum atomic E-state index is -0.874. The molecule has 0 aliphatic heterocycles. The largest absolute Gasteiger partial charge is 0.481 e. The van der Waals surface area contributed by atoms with Crippen LogP contribution in [0.15, 0.2) is 30.3 Å². The molecular weight excluding hydrogens is 306 g/mol. The number of hydrogen-bond acceptors (Lipinski definition) is 3. The molecule has 128 valence electrons. The van der Waals surface area contributed by atoms with Gasteiger partial charge in [0.1, 0.15) is 0 Å². The topological polar surface area (TPSA) is 84.2 Å². The molecule has 0 atom stereocenters. The van der Waals surface area contributed by atoms with Crippen LogP contribution in [-0.2, 0) is 4.79 Å². The van der Waals surface area contributed by atoms with Crippen LogP contribution in [0.4, 0.5) is 0 Å². The van der Waals surface area contributed by atoms with Crippen LogP contribution in [0.25, 0.3) is 5.69 Å². The number of nitrogens with one attached hydrogen (secondary N) is 1. The van der Waals surface area contributed by atoms with E-state index in [0.29, 0.717) is 24.2 Å². The van der Waals surface area contributed by atoms with Crippen LogP contribution in [0.2, 0.25) is 0 Å². The second kappa shape index (κ2) is 6.86. The molecule has 0 saturated heterocycles. The van der Waals surface area contributed by atoms with Crippen molar-refractivity contribution in [1.29, 1.82) is 0 Å². The fraction of sp³-hybridized carbons (Fsp3) is 0.389. The zero-order valence-electron chi connectivity index (χ0n) is 14.5. The van der Waals surface area contributed by atoms with Crippen LogP contribution in [0.1, 0.15) is 42.0 Å². The average Bonchev–Trinajstić information content (AvgIpc) is 2.82. The third kappa shape index (κ3) is 3.64. The summed E-state index contributed by atoms with van der Waals surface area (Å²) in [5, 5.41) is 16.4. The van der Waals surface area contributed by atoms with Crippen molar-refractivity contribution in [3.63, 3.8) is 0 Å². The smallest absolute Gasteiger partial charge is 0.309 e. The maximum Gasteiger partial charge on any atom is 0.309 e. The average molecular weight is 329 g/mol. The number of aliphatic carboxylic acids is 1. The number of aromatic nitrogens is 2. The first-order valence-corrected chi connectivity index (χ1v) is 7.87. The van der Waals surface area contributed by atoms with Crippen molar-refractivity contribution in [3.8, 4) is 5.69 Å². The number of carboxylic acid groups (broad SMARTS) is 1. The normalized spacial score (nSPS) is 11.3. The molecule has 0 saturated carbocycles. The monoisotopic (exact) mass is 329 g/mol. The summed E-state index contributed by atoms with van der Waals surface area (Å²) in [6, 6.07) is 9.61. The molecule has 0 radical (unpaired) electrons. The molecular formula is C18H23N3O3. The lowest BCUT2D eigenvalue weighted by atomic mass is 9.89. The molecule has 2 rings (SSSR count). The highest BCUT2D eigenvalue weighted by Crippen LogP contribution is 2.20. The highest BCUT2D eigenvalue weighted by molar-refractivity contribution is 5.96. The van der Waals surface area contributed by atoms with E-state index in [0.717, 1.165) is 11.4 Å². The Morgan fingerprint density at radius 1 is 1.21 bits per heavy atom. The Kier molecular flexibility index (Phi) is 5.07. The number of benzene rings is 1. The van der Waals surface area contributed by atoms with Gasteiger partial charge in [0, 0.05) is 6.54 Å². The zero-order valence-corrected chi connectivity index (χ0v) is 14.5. The van der Waals surface area contributed by atoms with E-state index >= 15 is 0 Å². The van der Waals surface area contributed by atoms with Gasteiger partial charge >= 0.3 is 5.97 Å². The molecule has 24 heavy (non-hydrogen) atoms. The van der Waals surface area contributed by atoms with Crippen molar-refractivity contribution >= 4 is 11.9 Å². The molecule has 0 spiro atoms. The molecule has 1 amide bonds. The summed E-state index contributed by atoms with van der Waals surface area (Å²) in [6.07, 6.45) is 0.360. The van der Waals surface area contributed by atoms with Gasteiger partial charge in [0.25, 0.3) is 5.91 Å². The second-order valence-corrected chi connectivity index (χ2v) is 6.49. The van der Waals surface area contributed by atoms with E-state index in [9.17, 15) is 9.59 Å². The molecule has 1 aromatic carbocycles. The number of amides is 1. The number of rotatable bonds is 6. The predicted octanol–water partition coefficient (Wildman–Crippen LogP) is 2.72. The number of aryl methyl sites for hydroxylation is 1. The fourth-order valence-corrected chi connectivity index (χ4v) is 2.48. The van der Waals surface area contributed by atoms with Crippen molar-refractivity contribution in [2.75, 3.05) is 6.54 Å². The van der Waals surface area contributed by atoms with Gasteiger partial charge in [-0.25, -0.2) is 4.68 Å². The number of carbonyl (C=O) groups excluding carboxylic acids is 1. The molecule has 2 aromatic rings. The van der Waals surface area contributed by atoms with Crippen molar-refractivity contribution in [2.24, 2.45) is 5.41 Å². The molecule has 0 fully saturated rings. The standard InChI is InChI=1S/C18H23N3O3/c1-12-15(16(22)19-11-10-18(3,4)17(23)24)13(2)21(20-12)14-8-6-5-7-9-14/h5-9H,10-11H2,1-4H3,(H,19,22)(H,23,24). The Morgan fingerprint density at radius 3 is 2.42 bits per heavy atom. The summed E-state index contributed by atoms with van der Waals surface area (Å²) >= 11 is 0. The molecule has 6 nitrogen and oxygen atoms in total. The highest BCUT2D eigenvalue weighted by atomic mass is 16.4. The Bertz CT molecular complexity index is 748. The molecule has 1 heterocycles. The van der Waals surface area contributed by atoms with Crippen LogP contribution in [0.5, 0.6) is 0 Å². The van der Waals surface area contributed by atoms with Gasteiger partial charge in [-0.1, -0.05) is 18.2 Å². The van der Waals surface area contributed by atoms with E-state index < -0.39 is 11.4 Å². The maximum atomic E-state index is 12.5. The Morgan fingerprint density at radius 2 is 1.83 bits per heavy atom. The van der Waals surface area contributed by atoms with Crippen LogP contribution in [0, 0.1) is 19.3 Å². The summed E-state index contributed by atoms with van der Waals surface area (Å²) in [7, 11) is 0. The maximum absolute atomic E-state index is 12.5. The molecule has 0 bridgehead atoms. The van der Waals surface area contributed by atoms with Gasteiger partial charge in [-0.3, -0.25) is 9.59 Å². The van der Waals surface area contributed by atoms with Gasteiger partial charge in [-0.2, -0.15) is 5.10 Å². The first-order chi connectivity index (χ1) is 11.2. The van der Waals surface area contributed by atoms with Crippen LogP contribution in [0.3, 0.4) is 0 Å². The van der Waals surface area contributed by atoms with Gasteiger partial charge in [-0.15, -0.1) is 0 Å². The number of nitrogens with zero attached hydrogens (tertiary/aromatic N) is 2. The lowest BCUT2D eigenvalue weighted by molar-refractivity contribution is -0.147. The zero-order chi connectivity index (χ0) is 17.9. The van der Waals surface area contributed by atoms with Crippen LogP contribution >= 0.6 is 0 Å². The number of carbonyl (C=O) groups is 2. The Hall–Kier alpha value is -2.63. The van der Waals surface area contributed by atoms with E-state index in [-0.39, 0.29) is 5.91 Å². The van der Waals surface area contributed by atoms with Crippen molar-refractivity contribution in [2.45, 2.75) is 34.1 Å². The SMILES string of the molecule is Cc1nn(-c2ccccc2)c(C)c1C(=O)NCCC(C)(C)C(=O)O. The van der Waals surface area contributed by atoms with Gasteiger partial charge in [0.15, 0.2) is 0 Å². The van der Waals surface area contributed by atoms with E-state index in [4.69, 9.17) is 5.11 Å². The third-order valence-corrected chi connectivity index (χ3v) is 4.13.